The third kappa shape index (κ3) is 4.42. The Kier molecular flexibility index (Phi) is 5.70. The third-order valence-electron chi connectivity index (χ3n) is 3.55. The zero-order chi connectivity index (χ0) is 17.7. The van der Waals surface area contributed by atoms with Crippen LogP contribution in [0, 0.1) is 5.92 Å². The number of nitrogens with zero attached hydrogens (tertiary/aromatic N) is 2. The summed E-state index contributed by atoms with van der Waals surface area (Å²) in [6, 6.07) is 6.54. The normalized spacial score (nSPS) is 12.0. The lowest BCUT2D eigenvalue weighted by Crippen LogP contribution is -2.30. The first-order chi connectivity index (χ1) is 11.4. The topological polar surface area (TPSA) is 88.1 Å². The summed E-state index contributed by atoms with van der Waals surface area (Å²) in [5, 5.41) is 12.7. The van der Waals surface area contributed by atoms with Crippen LogP contribution in [0.3, 0.4) is 0 Å². The fourth-order valence-corrected chi connectivity index (χ4v) is 2.18. The van der Waals surface area contributed by atoms with Crippen LogP contribution in [-0.4, -0.2) is 28.6 Å². The van der Waals surface area contributed by atoms with Crippen molar-refractivity contribution >= 4 is 23.2 Å². The van der Waals surface area contributed by atoms with Crippen LogP contribution in [-0.2, 0) is 16.6 Å². The highest BCUT2D eigenvalue weighted by Gasteiger charge is 2.20. The standard InChI is InChI=1S/C17H23N5O2/c1-11(2)16(23)20-13-5-7-14(8-6-13)21-17(24)15(18-3)12-9-19-22(4)10-12/h5-11,15,18H,1-4H3,(H,20,23)(H,21,24). The van der Waals surface area contributed by atoms with Gasteiger partial charge in [0.05, 0.1) is 6.20 Å². The van der Waals surface area contributed by atoms with Crippen molar-refractivity contribution in [3.05, 3.63) is 42.2 Å². The van der Waals surface area contributed by atoms with Crippen molar-refractivity contribution in [2.75, 3.05) is 17.7 Å². The van der Waals surface area contributed by atoms with Gasteiger partial charge in [-0.3, -0.25) is 14.3 Å². The van der Waals surface area contributed by atoms with Gasteiger partial charge in [-0.2, -0.15) is 5.10 Å². The number of carbonyl (C=O) groups is 2. The Balaban J connectivity index is 2.02. The van der Waals surface area contributed by atoms with Crippen molar-refractivity contribution in [3.8, 4) is 0 Å². The van der Waals surface area contributed by atoms with Gasteiger partial charge >= 0.3 is 0 Å². The Bertz CT molecular complexity index is 706. The summed E-state index contributed by atoms with van der Waals surface area (Å²) in [4.78, 5) is 24.1. The highest BCUT2D eigenvalue weighted by atomic mass is 16.2. The molecule has 1 aromatic heterocycles. The fraction of sp³-hybridized carbons (Fsp3) is 0.353. The number of hydrogen-bond acceptors (Lipinski definition) is 4. The molecule has 2 aromatic rings. The van der Waals surface area contributed by atoms with E-state index >= 15 is 0 Å². The molecule has 0 radical (unpaired) electrons. The molecule has 0 saturated heterocycles. The molecule has 0 bridgehead atoms. The average molecular weight is 329 g/mol. The van der Waals surface area contributed by atoms with E-state index in [1.165, 1.54) is 0 Å². The lowest BCUT2D eigenvalue weighted by atomic mass is 10.1. The van der Waals surface area contributed by atoms with Crippen molar-refractivity contribution < 1.29 is 9.59 Å². The van der Waals surface area contributed by atoms with Gasteiger partial charge in [-0.25, -0.2) is 0 Å². The SMILES string of the molecule is CNC(C(=O)Nc1ccc(NC(=O)C(C)C)cc1)c1cnn(C)c1. The first-order valence-electron chi connectivity index (χ1n) is 7.78. The van der Waals surface area contributed by atoms with Gasteiger partial charge in [0.15, 0.2) is 0 Å². The Morgan fingerprint density at radius 3 is 2.00 bits per heavy atom. The van der Waals surface area contributed by atoms with Gasteiger partial charge in [-0.15, -0.1) is 0 Å². The van der Waals surface area contributed by atoms with Crippen LogP contribution in [0.1, 0.15) is 25.5 Å². The van der Waals surface area contributed by atoms with Crippen LogP contribution < -0.4 is 16.0 Å². The summed E-state index contributed by atoms with van der Waals surface area (Å²) in [7, 11) is 3.53. The molecule has 0 spiro atoms. The number of hydrogen-bond donors (Lipinski definition) is 3. The molecule has 1 heterocycles. The van der Waals surface area contributed by atoms with E-state index in [0.717, 1.165) is 5.56 Å². The van der Waals surface area contributed by atoms with E-state index in [1.807, 2.05) is 13.8 Å². The number of aromatic nitrogens is 2. The third-order valence-corrected chi connectivity index (χ3v) is 3.55. The van der Waals surface area contributed by atoms with Crippen LogP contribution in [0.25, 0.3) is 0 Å². The van der Waals surface area contributed by atoms with E-state index in [1.54, 1.807) is 55.4 Å². The van der Waals surface area contributed by atoms with Crippen molar-refractivity contribution in [1.82, 2.24) is 15.1 Å². The summed E-state index contributed by atoms with van der Waals surface area (Å²) in [5.74, 6) is -0.302. The molecule has 7 nitrogen and oxygen atoms in total. The van der Waals surface area contributed by atoms with Gasteiger partial charge in [-0.05, 0) is 31.3 Å². The number of nitrogens with one attached hydrogen (secondary N) is 3. The van der Waals surface area contributed by atoms with E-state index in [-0.39, 0.29) is 17.7 Å². The fourth-order valence-electron chi connectivity index (χ4n) is 2.18. The summed E-state index contributed by atoms with van der Waals surface area (Å²) in [5.41, 5.74) is 2.15. The number of amides is 2. The van der Waals surface area contributed by atoms with Crippen LogP contribution >= 0.6 is 0 Å². The van der Waals surface area contributed by atoms with E-state index in [9.17, 15) is 9.59 Å². The second kappa shape index (κ2) is 7.74. The average Bonchev–Trinajstić information content (AvgIpc) is 2.96. The van der Waals surface area contributed by atoms with E-state index in [2.05, 4.69) is 21.0 Å². The van der Waals surface area contributed by atoms with Crippen molar-refractivity contribution in [1.29, 1.82) is 0 Å². The number of anilines is 2. The maximum atomic E-state index is 12.4. The highest BCUT2D eigenvalue weighted by Crippen LogP contribution is 2.18. The summed E-state index contributed by atoms with van der Waals surface area (Å²) in [6.45, 7) is 3.67. The van der Waals surface area contributed by atoms with Crippen LogP contribution in [0.4, 0.5) is 11.4 Å². The minimum atomic E-state index is -0.487. The number of likely N-dealkylation sites (N-methyl/N-ethyl adjacent to an activating group) is 1. The van der Waals surface area contributed by atoms with Gasteiger partial charge in [0.2, 0.25) is 11.8 Å². The maximum absolute atomic E-state index is 12.4. The summed E-state index contributed by atoms with van der Waals surface area (Å²) >= 11 is 0. The number of benzene rings is 1. The van der Waals surface area contributed by atoms with E-state index < -0.39 is 6.04 Å². The molecule has 1 aromatic carbocycles. The van der Waals surface area contributed by atoms with E-state index in [0.29, 0.717) is 11.4 Å². The minimum Gasteiger partial charge on any atom is -0.326 e. The second-order valence-corrected chi connectivity index (χ2v) is 5.88. The molecule has 24 heavy (non-hydrogen) atoms. The molecule has 0 aliphatic rings. The molecule has 2 amide bonds. The van der Waals surface area contributed by atoms with E-state index in [4.69, 9.17) is 0 Å². The second-order valence-electron chi connectivity index (χ2n) is 5.88. The van der Waals surface area contributed by atoms with Gasteiger partial charge < -0.3 is 16.0 Å². The molecule has 3 N–H and O–H groups in total. The van der Waals surface area contributed by atoms with Gasteiger partial charge in [0.1, 0.15) is 6.04 Å². The lowest BCUT2D eigenvalue weighted by Gasteiger charge is -2.15. The van der Waals surface area contributed by atoms with Crippen LogP contribution in [0.15, 0.2) is 36.7 Å². The predicted octanol–water partition coefficient (Wildman–Crippen LogP) is 1.91. The first kappa shape index (κ1) is 17.7. The van der Waals surface area contributed by atoms with Crippen molar-refractivity contribution in [3.63, 3.8) is 0 Å². The molecule has 1 unspecified atom stereocenters. The lowest BCUT2D eigenvalue weighted by molar-refractivity contribution is -0.119. The highest BCUT2D eigenvalue weighted by molar-refractivity contribution is 5.96. The maximum Gasteiger partial charge on any atom is 0.246 e. The molecule has 1 atom stereocenters. The summed E-state index contributed by atoms with van der Waals surface area (Å²) < 4.78 is 1.65. The molecule has 0 saturated carbocycles. The largest absolute Gasteiger partial charge is 0.326 e. The molecule has 7 heteroatoms. The number of rotatable bonds is 6. The smallest absolute Gasteiger partial charge is 0.246 e. The molecule has 0 aliphatic heterocycles. The molecule has 128 valence electrons. The predicted molar refractivity (Wildman–Crippen MR) is 93.5 cm³/mol. The molecular weight excluding hydrogens is 306 g/mol. The van der Waals surface area contributed by atoms with Gasteiger partial charge in [-0.1, -0.05) is 13.8 Å². The Hall–Kier alpha value is -2.67. The molecule has 2 rings (SSSR count). The Morgan fingerprint density at radius 1 is 1.04 bits per heavy atom. The Morgan fingerprint density at radius 2 is 1.58 bits per heavy atom. The zero-order valence-corrected chi connectivity index (χ0v) is 14.3. The van der Waals surface area contributed by atoms with Crippen LogP contribution in [0.2, 0.25) is 0 Å². The molecule has 0 aliphatic carbocycles. The van der Waals surface area contributed by atoms with Crippen molar-refractivity contribution in [2.45, 2.75) is 19.9 Å². The van der Waals surface area contributed by atoms with Crippen LogP contribution in [0.5, 0.6) is 0 Å². The monoisotopic (exact) mass is 329 g/mol. The van der Waals surface area contributed by atoms with Gasteiger partial charge in [0, 0.05) is 36.1 Å². The minimum absolute atomic E-state index is 0.0430. The van der Waals surface area contributed by atoms with Crippen molar-refractivity contribution in [2.24, 2.45) is 13.0 Å². The Labute approximate surface area is 141 Å². The van der Waals surface area contributed by atoms with Gasteiger partial charge in [0.25, 0.3) is 0 Å². The molecule has 0 fully saturated rings. The molecular formula is C17H23N5O2. The first-order valence-corrected chi connectivity index (χ1v) is 7.78. The summed E-state index contributed by atoms with van der Waals surface area (Å²) in [6.07, 6.45) is 3.45. The number of carbonyl (C=O) groups excluding carboxylic acids is 2. The number of aryl methyl sites for hydroxylation is 1. The zero-order valence-electron chi connectivity index (χ0n) is 14.3. The quantitative estimate of drug-likeness (QED) is 0.755.